The Morgan fingerprint density at radius 3 is 2.00 bits per heavy atom. The minimum absolute atomic E-state index is 0.00169. The normalized spacial score (nSPS) is 19.1. The van der Waals surface area contributed by atoms with Crippen LogP contribution in [-0.4, -0.2) is 80.2 Å². The molecule has 1 fully saturated rings. The van der Waals surface area contributed by atoms with Crippen molar-refractivity contribution in [2.75, 3.05) is 25.6 Å². The van der Waals surface area contributed by atoms with Gasteiger partial charge in [0.2, 0.25) is 0 Å². The van der Waals surface area contributed by atoms with E-state index < -0.39 is 62.4 Å². The van der Waals surface area contributed by atoms with Gasteiger partial charge in [-0.3, -0.25) is 18.4 Å². The number of ether oxygens (including phenoxy) is 3. The first-order chi connectivity index (χ1) is 31.4. The molecule has 0 spiro atoms. The minimum atomic E-state index is -4.72. The molecule has 2 aromatic heterocycles. The molecule has 4 N–H and O–H groups in total. The van der Waals surface area contributed by atoms with Crippen molar-refractivity contribution in [2.45, 2.75) is 192 Å². The molecule has 1 aliphatic rings. The Balaban J connectivity index is 1.45. The number of nitrogens with two attached hydrogens (primary N) is 1. The fourth-order valence-electron chi connectivity index (χ4n) is 7.84. The van der Waals surface area contributed by atoms with Crippen LogP contribution in [0.2, 0.25) is 0 Å². The number of fused-ring (bicyclic) bond motifs is 1. The number of imidazole rings is 1. The quantitative estimate of drug-likeness (QED) is 0.0168. The number of rotatable bonds is 34. The van der Waals surface area contributed by atoms with Crippen molar-refractivity contribution < 1.29 is 46.9 Å². The number of halogens is 1. The molecule has 6 atom stereocenters. The first-order valence-corrected chi connectivity index (χ1v) is 25.6. The Kier molecular flexibility index (Phi) is 23.9. The molecule has 17 heteroatoms. The highest BCUT2D eigenvalue weighted by Gasteiger charge is 2.50. The highest BCUT2D eigenvalue weighted by Crippen LogP contribution is 2.49. The summed E-state index contributed by atoms with van der Waals surface area (Å²) < 4.78 is 59.8. The summed E-state index contributed by atoms with van der Waals surface area (Å²) in [4.78, 5) is 38.6. The molecule has 3 heterocycles. The fourth-order valence-corrected chi connectivity index (χ4v) is 9.48. The second-order valence-corrected chi connectivity index (χ2v) is 18.9. The number of aromatic nitrogens is 4. The average Bonchev–Trinajstić information content (AvgIpc) is 3.87. The second kappa shape index (κ2) is 28.9. The van der Waals surface area contributed by atoms with E-state index in [-0.39, 0.29) is 43.0 Å². The van der Waals surface area contributed by atoms with Crippen LogP contribution in [-0.2, 0) is 43.8 Å². The molecule has 0 radical (unpaired) electrons. The lowest BCUT2D eigenvalue weighted by Crippen LogP contribution is -2.44. The van der Waals surface area contributed by atoms with E-state index in [1.165, 1.54) is 94.9 Å². The minimum Gasteiger partial charge on any atom is -0.465 e. The Bertz CT molecular complexity index is 1950. The van der Waals surface area contributed by atoms with E-state index in [4.69, 9.17) is 35.4 Å². The van der Waals surface area contributed by atoms with Gasteiger partial charge in [-0.1, -0.05) is 166 Å². The molecular weight excluding hydrogens is 855 g/mol. The van der Waals surface area contributed by atoms with Gasteiger partial charge in [-0.2, -0.15) is 14.4 Å². The molecule has 362 valence electrons. The number of hydrogen-bond acceptors (Lipinski definition) is 13. The van der Waals surface area contributed by atoms with Crippen molar-refractivity contribution >= 4 is 36.7 Å². The number of benzene rings is 1. The third-order valence-electron chi connectivity index (χ3n) is 11.7. The number of nitrogens with zero attached hydrogens (tertiary/aromatic N) is 4. The van der Waals surface area contributed by atoms with Crippen LogP contribution >= 0.6 is 7.75 Å². The summed E-state index contributed by atoms with van der Waals surface area (Å²) in [6.07, 6.45) is 24.5. The van der Waals surface area contributed by atoms with Crippen molar-refractivity contribution in [1.29, 1.82) is 0 Å². The average molecular weight is 929 g/mol. The molecule has 0 unspecified atom stereocenters. The molecule has 0 saturated carbocycles. The third kappa shape index (κ3) is 18.0. The monoisotopic (exact) mass is 929 g/mol. The molecule has 0 amide bonds. The van der Waals surface area contributed by atoms with Crippen LogP contribution in [0.15, 0.2) is 36.7 Å². The van der Waals surface area contributed by atoms with Gasteiger partial charge in [0.1, 0.15) is 25.0 Å². The predicted octanol–water partition coefficient (Wildman–Crippen LogP) is 9.86. The maximum Gasteiger partial charge on any atom is 0.407 e. The number of aliphatic hydroxyl groups is 1. The van der Waals surface area contributed by atoms with Gasteiger partial charge in [0.25, 0.3) is 0 Å². The standard InChI is InChI=1S/C48H74FN6O9P/c1-5-8-10-12-14-16-18-20-22-27-31-60-45(57)37(4)64-65(59,62-35-48(7-3)40(56)34-41(63-48)55-36-51-42-43(50)52-47(49)53-44(42)55)54-39(33-38-29-25-24-26-30-38)46(58)61-32-28-23-21-19-17-15-13-11-9-6-2/h3,24-26,29-30,36-37,39-41,56H,5-6,8-23,27-28,31-35H2,1-2,4H3,(H,54,59)(H2,50,52,53)/t37-,39-,40-,41+,48+,65-/m0/s1. The van der Waals surface area contributed by atoms with Gasteiger partial charge in [-0.05, 0) is 31.7 Å². The van der Waals surface area contributed by atoms with Crippen LogP contribution in [0, 0.1) is 18.4 Å². The number of esters is 2. The first kappa shape index (κ1) is 53.6. The van der Waals surface area contributed by atoms with Gasteiger partial charge in [-0.25, -0.2) is 19.4 Å². The number of carbonyl (C=O) groups is 2. The highest BCUT2D eigenvalue weighted by molar-refractivity contribution is 7.51. The van der Waals surface area contributed by atoms with Gasteiger partial charge >= 0.3 is 25.8 Å². The highest BCUT2D eigenvalue weighted by atomic mass is 31.2. The number of anilines is 1. The molecule has 0 aliphatic carbocycles. The summed E-state index contributed by atoms with van der Waals surface area (Å²) in [6.45, 7) is 5.37. The zero-order chi connectivity index (χ0) is 46.9. The van der Waals surface area contributed by atoms with Crippen LogP contribution in [0.3, 0.4) is 0 Å². The number of nitrogens with one attached hydrogen (secondary N) is 1. The number of nitrogen functional groups attached to an aromatic ring is 1. The van der Waals surface area contributed by atoms with Crippen molar-refractivity contribution in [1.82, 2.24) is 24.6 Å². The smallest absolute Gasteiger partial charge is 0.407 e. The second-order valence-electron chi connectivity index (χ2n) is 17.1. The van der Waals surface area contributed by atoms with Crippen molar-refractivity contribution in [3.05, 3.63) is 48.3 Å². The summed E-state index contributed by atoms with van der Waals surface area (Å²) in [6, 6.07) is 7.81. The van der Waals surface area contributed by atoms with Crippen LogP contribution in [0.25, 0.3) is 11.2 Å². The van der Waals surface area contributed by atoms with Crippen LogP contribution in [0.1, 0.15) is 167 Å². The lowest BCUT2D eigenvalue weighted by Gasteiger charge is -2.31. The zero-order valence-electron chi connectivity index (χ0n) is 38.9. The van der Waals surface area contributed by atoms with Gasteiger partial charge < -0.3 is 25.1 Å². The number of carbonyl (C=O) groups excluding carboxylic acids is 2. The molecule has 4 rings (SSSR count). The van der Waals surface area contributed by atoms with Crippen LogP contribution in [0.5, 0.6) is 0 Å². The SMILES string of the molecule is C#C[C@]1(CO[P@@](=O)(N[C@@H](Cc2ccccc2)C(=O)OCCCCCCCCCCCC)O[C@@H](C)C(=O)OCCCCCCCCCCCC)O[C@@H](n2cnc3c(N)nc(F)nc32)C[C@@H]1O. The largest absolute Gasteiger partial charge is 0.465 e. The van der Waals surface area contributed by atoms with E-state index in [1.807, 2.05) is 30.3 Å². The molecule has 65 heavy (non-hydrogen) atoms. The van der Waals surface area contributed by atoms with E-state index in [9.17, 15) is 23.7 Å². The molecule has 15 nitrogen and oxygen atoms in total. The molecule has 1 saturated heterocycles. The molecule has 1 aliphatic heterocycles. The summed E-state index contributed by atoms with van der Waals surface area (Å²) in [7, 11) is -4.72. The van der Waals surface area contributed by atoms with E-state index in [2.05, 4.69) is 39.8 Å². The number of aliphatic hydroxyl groups excluding tert-OH is 1. The third-order valence-corrected chi connectivity index (χ3v) is 13.4. The summed E-state index contributed by atoms with van der Waals surface area (Å²) in [5, 5.41) is 14.1. The van der Waals surface area contributed by atoms with E-state index in [0.717, 1.165) is 44.1 Å². The number of unbranched alkanes of at least 4 members (excludes halogenated alkanes) is 18. The summed E-state index contributed by atoms with van der Waals surface area (Å²) in [5.41, 5.74) is 4.75. The van der Waals surface area contributed by atoms with E-state index in [1.54, 1.807) is 0 Å². The van der Waals surface area contributed by atoms with Gasteiger partial charge in [0.15, 0.2) is 28.7 Å². The zero-order valence-corrected chi connectivity index (χ0v) is 39.8. The maximum absolute atomic E-state index is 15.0. The predicted molar refractivity (Wildman–Crippen MR) is 249 cm³/mol. The summed E-state index contributed by atoms with van der Waals surface area (Å²) in [5.74, 6) is 0.766. The Labute approximate surface area is 385 Å². The topological polar surface area (TPSA) is 199 Å². The van der Waals surface area contributed by atoms with Gasteiger partial charge in [-0.15, -0.1) is 6.42 Å². The Hall–Kier alpha value is -3.97. The molecular formula is C48H74FN6O9P. The molecule has 3 aromatic rings. The van der Waals surface area contributed by atoms with Crippen LogP contribution in [0.4, 0.5) is 10.2 Å². The lowest BCUT2D eigenvalue weighted by atomic mass is 9.99. The number of hydrogen-bond donors (Lipinski definition) is 3. The van der Waals surface area contributed by atoms with Crippen molar-refractivity contribution in [2.24, 2.45) is 0 Å². The van der Waals surface area contributed by atoms with Gasteiger partial charge in [0, 0.05) is 6.42 Å². The lowest BCUT2D eigenvalue weighted by molar-refractivity contribution is -0.152. The molecule has 0 bridgehead atoms. The molecule has 1 aromatic carbocycles. The van der Waals surface area contributed by atoms with Crippen LogP contribution < -0.4 is 10.8 Å². The first-order valence-electron chi connectivity index (χ1n) is 24.0. The number of terminal acetylenes is 1. The van der Waals surface area contributed by atoms with Crippen molar-refractivity contribution in [3.8, 4) is 12.3 Å². The summed E-state index contributed by atoms with van der Waals surface area (Å²) >= 11 is 0. The maximum atomic E-state index is 15.0. The van der Waals surface area contributed by atoms with E-state index >= 15 is 0 Å². The van der Waals surface area contributed by atoms with Gasteiger partial charge in [0.05, 0.1) is 19.5 Å². The van der Waals surface area contributed by atoms with Crippen molar-refractivity contribution in [3.63, 3.8) is 0 Å². The Morgan fingerprint density at radius 1 is 0.908 bits per heavy atom. The fraction of sp³-hybridized carbons (Fsp3) is 0.688. The Morgan fingerprint density at radius 2 is 1.45 bits per heavy atom. The van der Waals surface area contributed by atoms with E-state index in [0.29, 0.717) is 12.8 Å².